The zero-order valence-electron chi connectivity index (χ0n) is 9.33. The monoisotopic (exact) mass is 218 g/mol. The van der Waals surface area contributed by atoms with Gasteiger partial charge >= 0.3 is 0 Å². The summed E-state index contributed by atoms with van der Waals surface area (Å²) < 4.78 is 11.0. The standard InChI is InChI=1S/C11H22O2S/c1-3-12-11(13-4-2)9-14-10-7-5-6-8-10/h10-11H,3-9H2,1-2H3. The Morgan fingerprint density at radius 1 is 1.14 bits per heavy atom. The molecule has 14 heavy (non-hydrogen) atoms. The van der Waals surface area contributed by atoms with Crippen molar-refractivity contribution in [1.82, 2.24) is 0 Å². The number of rotatable bonds is 7. The van der Waals surface area contributed by atoms with Crippen LogP contribution in [0.4, 0.5) is 0 Å². The van der Waals surface area contributed by atoms with Crippen LogP contribution >= 0.6 is 11.8 Å². The second kappa shape index (κ2) is 7.55. The molecule has 0 N–H and O–H groups in total. The first-order valence-electron chi connectivity index (χ1n) is 5.71. The predicted octanol–water partition coefficient (Wildman–Crippen LogP) is 3.06. The first kappa shape index (κ1) is 12.3. The highest BCUT2D eigenvalue weighted by Crippen LogP contribution is 2.30. The van der Waals surface area contributed by atoms with Crippen LogP contribution in [0, 0.1) is 0 Å². The second-order valence-corrected chi connectivity index (χ2v) is 4.91. The topological polar surface area (TPSA) is 18.5 Å². The Kier molecular flexibility index (Phi) is 6.65. The van der Waals surface area contributed by atoms with E-state index in [-0.39, 0.29) is 6.29 Å². The molecule has 0 spiro atoms. The van der Waals surface area contributed by atoms with Crippen LogP contribution in [0.15, 0.2) is 0 Å². The molecule has 0 aromatic rings. The van der Waals surface area contributed by atoms with Gasteiger partial charge in [0, 0.05) is 24.2 Å². The molecule has 1 saturated carbocycles. The molecule has 1 rings (SSSR count). The molecule has 0 radical (unpaired) electrons. The van der Waals surface area contributed by atoms with E-state index < -0.39 is 0 Å². The highest BCUT2D eigenvalue weighted by Gasteiger charge is 2.17. The summed E-state index contributed by atoms with van der Waals surface area (Å²) in [7, 11) is 0. The fourth-order valence-electron chi connectivity index (χ4n) is 1.79. The Labute approximate surface area is 91.7 Å². The van der Waals surface area contributed by atoms with Crippen LogP contribution in [-0.2, 0) is 9.47 Å². The third kappa shape index (κ3) is 4.67. The normalized spacial score (nSPS) is 18.2. The van der Waals surface area contributed by atoms with E-state index in [0.717, 1.165) is 24.2 Å². The van der Waals surface area contributed by atoms with Crippen molar-refractivity contribution in [1.29, 1.82) is 0 Å². The maximum Gasteiger partial charge on any atom is 0.166 e. The van der Waals surface area contributed by atoms with Gasteiger partial charge in [-0.05, 0) is 26.7 Å². The van der Waals surface area contributed by atoms with Crippen LogP contribution in [0.1, 0.15) is 39.5 Å². The minimum atomic E-state index is 0.00981. The van der Waals surface area contributed by atoms with E-state index in [2.05, 4.69) is 0 Å². The van der Waals surface area contributed by atoms with E-state index in [1.54, 1.807) is 0 Å². The highest BCUT2D eigenvalue weighted by atomic mass is 32.2. The van der Waals surface area contributed by atoms with Crippen molar-refractivity contribution in [2.75, 3.05) is 19.0 Å². The lowest BCUT2D eigenvalue weighted by atomic mass is 10.4. The summed E-state index contributed by atoms with van der Waals surface area (Å²) in [5.74, 6) is 0.992. The van der Waals surface area contributed by atoms with Crippen molar-refractivity contribution in [3.8, 4) is 0 Å². The van der Waals surface area contributed by atoms with E-state index in [4.69, 9.17) is 9.47 Å². The fraction of sp³-hybridized carbons (Fsp3) is 1.00. The largest absolute Gasteiger partial charge is 0.352 e. The molecule has 0 aromatic heterocycles. The summed E-state index contributed by atoms with van der Waals surface area (Å²) >= 11 is 2.02. The summed E-state index contributed by atoms with van der Waals surface area (Å²) in [6.45, 7) is 5.53. The van der Waals surface area contributed by atoms with Crippen molar-refractivity contribution >= 4 is 11.8 Å². The van der Waals surface area contributed by atoms with Crippen molar-refractivity contribution in [3.63, 3.8) is 0 Å². The third-order valence-electron chi connectivity index (χ3n) is 2.48. The average Bonchev–Trinajstić information content (AvgIpc) is 2.67. The van der Waals surface area contributed by atoms with Gasteiger partial charge in [-0.1, -0.05) is 12.8 Å². The summed E-state index contributed by atoms with van der Waals surface area (Å²) in [5, 5.41) is 0.860. The van der Waals surface area contributed by atoms with E-state index in [0.29, 0.717) is 0 Å². The molecule has 0 aromatic carbocycles. The van der Waals surface area contributed by atoms with Crippen molar-refractivity contribution < 1.29 is 9.47 Å². The molecule has 1 fully saturated rings. The maximum absolute atomic E-state index is 5.50. The van der Waals surface area contributed by atoms with E-state index in [1.165, 1.54) is 25.7 Å². The molecule has 0 saturated heterocycles. The van der Waals surface area contributed by atoms with Crippen LogP contribution in [0.3, 0.4) is 0 Å². The molecule has 84 valence electrons. The average molecular weight is 218 g/mol. The third-order valence-corrected chi connectivity index (χ3v) is 3.88. The van der Waals surface area contributed by atoms with Crippen LogP contribution < -0.4 is 0 Å². The molecule has 1 aliphatic rings. The number of hydrogen-bond acceptors (Lipinski definition) is 3. The Bertz CT molecular complexity index is 129. The minimum absolute atomic E-state index is 0.00981. The molecule has 3 heteroatoms. The Balaban J connectivity index is 2.10. The van der Waals surface area contributed by atoms with Gasteiger partial charge in [0.15, 0.2) is 6.29 Å². The van der Waals surface area contributed by atoms with Gasteiger partial charge in [0.2, 0.25) is 0 Å². The van der Waals surface area contributed by atoms with Crippen molar-refractivity contribution in [2.45, 2.75) is 51.1 Å². The van der Waals surface area contributed by atoms with E-state index in [1.807, 2.05) is 25.6 Å². The van der Waals surface area contributed by atoms with E-state index in [9.17, 15) is 0 Å². The van der Waals surface area contributed by atoms with Gasteiger partial charge in [-0.2, -0.15) is 11.8 Å². The first-order chi connectivity index (χ1) is 6.86. The van der Waals surface area contributed by atoms with Crippen LogP contribution in [0.2, 0.25) is 0 Å². The quantitative estimate of drug-likeness (QED) is 0.612. The molecule has 1 aliphatic carbocycles. The molecular formula is C11H22O2S. The summed E-state index contributed by atoms with van der Waals surface area (Å²) in [5.41, 5.74) is 0. The number of thioether (sulfide) groups is 1. The van der Waals surface area contributed by atoms with Gasteiger partial charge in [0.1, 0.15) is 0 Å². The maximum atomic E-state index is 5.50. The minimum Gasteiger partial charge on any atom is -0.352 e. The van der Waals surface area contributed by atoms with Gasteiger partial charge in [-0.15, -0.1) is 0 Å². The lowest BCUT2D eigenvalue weighted by molar-refractivity contribution is -0.120. The molecule has 0 unspecified atom stereocenters. The Hall–Kier alpha value is 0.270. The molecule has 0 heterocycles. The first-order valence-corrected chi connectivity index (χ1v) is 6.76. The lowest BCUT2D eigenvalue weighted by Gasteiger charge is -2.18. The molecular weight excluding hydrogens is 196 g/mol. The van der Waals surface area contributed by atoms with Crippen molar-refractivity contribution in [3.05, 3.63) is 0 Å². The zero-order valence-corrected chi connectivity index (χ0v) is 10.1. The van der Waals surface area contributed by atoms with Gasteiger partial charge in [0.25, 0.3) is 0 Å². The second-order valence-electron chi connectivity index (χ2n) is 3.58. The highest BCUT2D eigenvalue weighted by molar-refractivity contribution is 7.99. The van der Waals surface area contributed by atoms with Gasteiger partial charge in [-0.25, -0.2) is 0 Å². The molecule has 0 amide bonds. The predicted molar refractivity (Wildman–Crippen MR) is 61.8 cm³/mol. The molecule has 0 bridgehead atoms. The molecule has 0 atom stereocenters. The summed E-state index contributed by atoms with van der Waals surface area (Å²) in [4.78, 5) is 0. The number of ether oxygens (including phenoxy) is 2. The Morgan fingerprint density at radius 2 is 1.71 bits per heavy atom. The van der Waals surface area contributed by atoms with Crippen molar-refractivity contribution in [2.24, 2.45) is 0 Å². The zero-order chi connectivity index (χ0) is 10.2. The van der Waals surface area contributed by atoms with Gasteiger partial charge in [0.05, 0.1) is 0 Å². The lowest BCUT2D eigenvalue weighted by Crippen LogP contribution is -2.21. The van der Waals surface area contributed by atoms with E-state index >= 15 is 0 Å². The molecule has 0 aliphatic heterocycles. The Morgan fingerprint density at radius 3 is 2.21 bits per heavy atom. The summed E-state index contributed by atoms with van der Waals surface area (Å²) in [6, 6.07) is 0. The summed E-state index contributed by atoms with van der Waals surface area (Å²) in [6.07, 6.45) is 5.60. The van der Waals surface area contributed by atoms with Gasteiger partial charge in [-0.3, -0.25) is 0 Å². The fourth-order valence-corrected chi connectivity index (χ4v) is 3.07. The smallest absolute Gasteiger partial charge is 0.166 e. The van der Waals surface area contributed by atoms with Crippen LogP contribution in [0.5, 0.6) is 0 Å². The number of hydrogen-bond donors (Lipinski definition) is 0. The van der Waals surface area contributed by atoms with Crippen LogP contribution in [0.25, 0.3) is 0 Å². The van der Waals surface area contributed by atoms with Crippen LogP contribution in [-0.4, -0.2) is 30.5 Å². The SMILES string of the molecule is CCOC(CSC1CCCC1)OCC. The van der Waals surface area contributed by atoms with Gasteiger partial charge < -0.3 is 9.47 Å². The molecule has 2 nitrogen and oxygen atoms in total.